The first-order chi connectivity index (χ1) is 15.3. The first kappa shape index (κ1) is 29.4. The molecule has 0 fully saturated rings. The molecular weight excluding hydrogens is 420 g/mol. The van der Waals surface area contributed by atoms with Crippen LogP contribution in [0.15, 0.2) is 0 Å². The largest absolute Gasteiger partial charge is 0.480 e. The third-order valence-corrected chi connectivity index (χ3v) is 4.90. The molecule has 10 nitrogen and oxygen atoms in total. The van der Waals surface area contributed by atoms with Crippen LogP contribution in [-0.4, -0.2) is 61.6 Å². The van der Waals surface area contributed by atoms with Crippen molar-refractivity contribution in [2.75, 3.05) is 20.8 Å². The molecule has 32 heavy (non-hydrogen) atoms. The third kappa shape index (κ3) is 17.1. The lowest BCUT2D eigenvalue weighted by Gasteiger charge is -2.14. The summed E-state index contributed by atoms with van der Waals surface area (Å²) < 4.78 is 9.09. The summed E-state index contributed by atoms with van der Waals surface area (Å²) in [7, 11) is 2.67. The predicted molar refractivity (Wildman–Crippen MR) is 117 cm³/mol. The van der Waals surface area contributed by atoms with E-state index in [0.717, 1.165) is 6.42 Å². The van der Waals surface area contributed by atoms with Gasteiger partial charge < -0.3 is 25.2 Å². The number of nitrogens with one attached hydrogen (secondary N) is 2. The van der Waals surface area contributed by atoms with Crippen molar-refractivity contribution in [2.24, 2.45) is 0 Å². The van der Waals surface area contributed by atoms with Crippen molar-refractivity contribution in [2.45, 2.75) is 89.5 Å². The van der Waals surface area contributed by atoms with Crippen molar-refractivity contribution in [3.05, 3.63) is 0 Å². The van der Waals surface area contributed by atoms with E-state index in [9.17, 15) is 29.1 Å². The van der Waals surface area contributed by atoms with E-state index in [1.807, 2.05) is 0 Å². The molecule has 0 aromatic heterocycles. The summed E-state index contributed by atoms with van der Waals surface area (Å²) in [5, 5.41) is 14.6. The Bertz CT molecular complexity index is 594. The van der Waals surface area contributed by atoms with E-state index in [4.69, 9.17) is 0 Å². The first-order valence-corrected chi connectivity index (χ1v) is 11.2. The standard InChI is InChI=1S/C22H38N2O8/c1-31-20(27)14-7-3-5-12-18(25)23-16-10-9-11-17(22(29)30)24-19(26)13-6-4-8-15-21(28)32-2/h17H,3-16H2,1-2H3,(H,23,25)(H,24,26)(H,29,30)/t17-/m0/s1. The highest BCUT2D eigenvalue weighted by atomic mass is 16.5. The summed E-state index contributed by atoms with van der Waals surface area (Å²) in [5.74, 6) is -2.01. The molecule has 0 aliphatic heterocycles. The van der Waals surface area contributed by atoms with Gasteiger partial charge in [-0.25, -0.2) is 4.79 Å². The van der Waals surface area contributed by atoms with Crippen LogP contribution in [0.5, 0.6) is 0 Å². The van der Waals surface area contributed by atoms with Gasteiger partial charge in [-0.2, -0.15) is 0 Å². The van der Waals surface area contributed by atoms with Crippen molar-refractivity contribution in [1.29, 1.82) is 0 Å². The monoisotopic (exact) mass is 458 g/mol. The van der Waals surface area contributed by atoms with E-state index in [1.54, 1.807) is 0 Å². The zero-order valence-corrected chi connectivity index (χ0v) is 19.3. The number of carboxylic acids is 1. The van der Waals surface area contributed by atoms with Gasteiger partial charge in [0, 0.05) is 32.2 Å². The number of hydrogen-bond donors (Lipinski definition) is 3. The van der Waals surface area contributed by atoms with Gasteiger partial charge >= 0.3 is 17.9 Å². The zero-order valence-electron chi connectivity index (χ0n) is 19.3. The molecule has 0 saturated heterocycles. The highest BCUT2D eigenvalue weighted by Gasteiger charge is 2.19. The number of carbonyl (C=O) groups excluding carboxylic acids is 4. The van der Waals surface area contributed by atoms with Gasteiger partial charge in [-0.05, 0) is 44.9 Å². The van der Waals surface area contributed by atoms with Crippen LogP contribution in [0.25, 0.3) is 0 Å². The summed E-state index contributed by atoms with van der Waals surface area (Å²) in [6.07, 6.45) is 6.74. The maximum atomic E-state index is 11.9. The fraction of sp³-hybridized carbons (Fsp3) is 0.773. The minimum Gasteiger partial charge on any atom is -0.480 e. The zero-order chi connectivity index (χ0) is 24.2. The van der Waals surface area contributed by atoms with E-state index < -0.39 is 12.0 Å². The number of carboxylic acid groups (broad SMARTS) is 1. The molecule has 0 saturated carbocycles. The van der Waals surface area contributed by atoms with Crippen molar-refractivity contribution in [3.8, 4) is 0 Å². The number of esters is 2. The number of methoxy groups -OCH3 is 2. The van der Waals surface area contributed by atoms with Crippen LogP contribution in [0.4, 0.5) is 0 Å². The van der Waals surface area contributed by atoms with Crippen LogP contribution in [-0.2, 0) is 33.4 Å². The number of hydrogen-bond acceptors (Lipinski definition) is 7. The second-order valence-corrected chi connectivity index (χ2v) is 7.58. The van der Waals surface area contributed by atoms with Crippen LogP contribution in [0.3, 0.4) is 0 Å². The van der Waals surface area contributed by atoms with Crippen molar-refractivity contribution in [1.82, 2.24) is 10.6 Å². The Morgan fingerprint density at radius 2 is 1.19 bits per heavy atom. The average Bonchev–Trinajstić information content (AvgIpc) is 2.76. The lowest BCUT2D eigenvalue weighted by atomic mass is 10.1. The van der Waals surface area contributed by atoms with Gasteiger partial charge in [0.15, 0.2) is 0 Å². The molecule has 1 atom stereocenters. The number of carbonyl (C=O) groups is 5. The Labute approximate surface area is 189 Å². The summed E-state index contributed by atoms with van der Waals surface area (Å²) in [4.78, 5) is 57.1. The molecule has 3 N–H and O–H groups in total. The van der Waals surface area contributed by atoms with Crippen LogP contribution >= 0.6 is 0 Å². The molecule has 0 aromatic rings. The molecule has 0 bridgehead atoms. The van der Waals surface area contributed by atoms with Crippen molar-refractivity contribution >= 4 is 29.7 Å². The quantitative estimate of drug-likeness (QED) is 0.197. The maximum absolute atomic E-state index is 11.9. The molecule has 0 spiro atoms. The van der Waals surface area contributed by atoms with E-state index in [-0.39, 0.29) is 36.6 Å². The fourth-order valence-corrected chi connectivity index (χ4v) is 2.98. The van der Waals surface area contributed by atoms with Gasteiger partial charge in [0.25, 0.3) is 0 Å². The Morgan fingerprint density at radius 1 is 0.688 bits per heavy atom. The lowest BCUT2D eigenvalue weighted by molar-refractivity contribution is -0.142. The Balaban J connectivity index is 3.84. The minimum absolute atomic E-state index is 0.0710. The summed E-state index contributed by atoms with van der Waals surface area (Å²) >= 11 is 0. The predicted octanol–water partition coefficient (Wildman–Crippen LogP) is 2.09. The fourth-order valence-electron chi connectivity index (χ4n) is 2.98. The molecule has 0 aliphatic carbocycles. The van der Waals surface area contributed by atoms with Crippen LogP contribution < -0.4 is 10.6 Å². The number of aliphatic carboxylic acids is 1. The smallest absolute Gasteiger partial charge is 0.326 e. The van der Waals surface area contributed by atoms with Crippen LogP contribution in [0, 0.1) is 0 Å². The second kappa shape index (κ2) is 19.1. The molecule has 0 radical (unpaired) electrons. The molecule has 0 aromatic carbocycles. The van der Waals surface area contributed by atoms with Crippen molar-refractivity contribution < 1.29 is 38.6 Å². The average molecular weight is 459 g/mol. The summed E-state index contributed by atoms with van der Waals surface area (Å²) in [6, 6.07) is -0.955. The topological polar surface area (TPSA) is 148 Å². The lowest BCUT2D eigenvalue weighted by Crippen LogP contribution is -2.40. The van der Waals surface area contributed by atoms with Gasteiger partial charge in [0.05, 0.1) is 14.2 Å². The van der Waals surface area contributed by atoms with Gasteiger partial charge in [-0.15, -0.1) is 0 Å². The van der Waals surface area contributed by atoms with E-state index in [1.165, 1.54) is 14.2 Å². The molecule has 2 amide bonds. The Hall–Kier alpha value is -2.65. The van der Waals surface area contributed by atoms with E-state index >= 15 is 0 Å². The molecule has 0 unspecified atom stereocenters. The number of rotatable bonds is 19. The number of amides is 2. The molecule has 10 heteroatoms. The normalized spacial score (nSPS) is 11.3. The first-order valence-electron chi connectivity index (χ1n) is 11.2. The minimum atomic E-state index is -1.08. The number of unbranched alkanes of at least 4 members (excludes halogenated alkanes) is 5. The highest BCUT2D eigenvalue weighted by molar-refractivity contribution is 5.83. The van der Waals surface area contributed by atoms with Gasteiger partial charge in [-0.1, -0.05) is 12.8 Å². The van der Waals surface area contributed by atoms with Gasteiger partial charge in [-0.3, -0.25) is 19.2 Å². The van der Waals surface area contributed by atoms with E-state index in [0.29, 0.717) is 70.8 Å². The SMILES string of the molecule is COC(=O)CCCCCC(=O)NCCCC[C@H](NC(=O)CCCCCC(=O)OC)C(=O)O. The van der Waals surface area contributed by atoms with Crippen LogP contribution in [0.2, 0.25) is 0 Å². The second-order valence-electron chi connectivity index (χ2n) is 7.58. The van der Waals surface area contributed by atoms with Crippen LogP contribution in [0.1, 0.15) is 83.5 Å². The van der Waals surface area contributed by atoms with E-state index in [2.05, 4.69) is 20.1 Å². The molecule has 0 heterocycles. The summed E-state index contributed by atoms with van der Waals surface area (Å²) in [5.41, 5.74) is 0. The van der Waals surface area contributed by atoms with Gasteiger partial charge in [0.2, 0.25) is 11.8 Å². The highest BCUT2D eigenvalue weighted by Crippen LogP contribution is 2.07. The Morgan fingerprint density at radius 3 is 1.69 bits per heavy atom. The van der Waals surface area contributed by atoms with Crippen molar-refractivity contribution in [3.63, 3.8) is 0 Å². The Kier molecular flexibility index (Phi) is 17.5. The molecule has 0 rings (SSSR count). The maximum Gasteiger partial charge on any atom is 0.326 e. The number of ether oxygens (including phenoxy) is 2. The molecular formula is C22H38N2O8. The molecule has 184 valence electrons. The third-order valence-electron chi connectivity index (χ3n) is 4.90. The summed E-state index contributed by atoms with van der Waals surface area (Å²) in [6.45, 7) is 0.446. The molecule has 0 aliphatic rings. The van der Waals surface area contributed by atoms with Gasteiger partial charge in [0.1, 0.15) is 6.04 Å².